The van der Waals surface area contributed by atoms with Crippen LogP contribution in [0.15, 0.2) is 24.3 Å². The van der Waals surface area contributed by atoms with Crippen molar-refractivity contribution in [1.29, 1.82) is 0 Å². The molecule has 0 aliphatic rings. The van der Waals surface area contributed by atoms with E-state index in [1.165, 1.54) is 77.0 Å². The third-order valence-electron chi connectivity index (χ3n) is 9.76. The van der Waals surface area contributed by atoms with Crippen molar-refractivity contribution in [3.8, 4) is 0 Å². The minimum Gasteiger partial charge on any atom is -0.462 e. The van der Waals surface area contributed by atoms with E-state index in [1.54, 1.807) is 0 Å². The number of carbonyl (C=O) groups excluding carboxylic acids is 3. The maximum Gasteiger partial charge on any atom is 0.306 e. The quantitative estimate of drug-likeness (QED) is 0.0373. The Kier molecular flexibility index (Phi) is 38.4. The number of esters is 1. The van der Waals surface area contributed by atoms with Crippen LogP contribution in [0, 0.1) is 0 Å². The van der Waals surface area contributed by atoms with Gasteiger partial charge in [-0.3, -0.25) is 14.4 Å². The van der Waals surface area contributed by atoms with Gasteiger partial charge in [0.1, 0.15) is 6.10 Å². The van der Waals surface area contributed by atoms with Crippen LogP contribution in [-0.2, 0) is 19.1 Å². The summed E-state index contributed by atoms with van der Waals surface area (Å²) in [5.41, 5.74) is 0. The Morgan fingerprint density at radius 3 is 1.35 bits per heavy atom. The maximum atomic E-state index is 12.6. The fourth-order valence-corrected chi connectivity index (χ4v) is 6.43. The second-order valence-electron chi connectivity index (χ2n) is 15.3. The third-order valence-corrected chi connectivity index (χ3v) is 9.76. The van der Waals surface area contributed by atoms with Gasteiger partial charge in [-0.15, -0.1) is 0 Å². The Morgan fingerprint density at radius 2 is 0.904 bits per heavy atom. The van der Waals surface area contributed by atoms with E-state index in [0.717, 1.165) is 103 Å². The zero-order valence-electron chi connectivity index (χ0n) is 34.8. The van der Waals surface area contributed by atoms with Crippen LogP contribution in [0.1, 0.15) is 206 Å². The van der Waals surface area contributed by atoms with E-state index in [0.29, 0.717) is 32.4 Å². The molecule has 0 spiro atoms. The van der Waals surface area contributed by atoms with Crippen LogP contribution in [-0.4, -0.2) is 62.5 Å². The van der Waals surface area contributed by atoms with E-state index in [9.17, 15) is 14.4 Å². The summed E-state index contributed by atoms with van der Waals surface area (Å²) in [6, 6.07) is 0. The smallest absolute Gasteiger partial charge is 0.306 e. The predicted molar refractivity (Wildman–Crippen MR) is 223 cm³/mol. The monoisotopic (exact) mass is 732 g/mol. The van der Waals surface area contributed by atoms with Gasteiger partial charge in [-0.1, -0.05) is 141 Å². The number of rotatable bonds is 39. The average Bonchev–Trinajstić information content (AvgIpc) is 3.12. The standard InChI is InChI=1S/C45H85N3O4/c1-5-7-9-11-13-15-17-25-31-39-46-43(49)36-29-23-19-21-27-34-42(52-45(51)38-33-41-48(3)4)35-28-22-20-24-30-37-44(50)47-40-32-26-18-16-14-12-10-8-6-2/h25-26,31-32,42H,5-24,27-30,33-41H2,1-4H3,(H,46,49)(H,47,50)/b31-25-,32-26-. The maximum absolute atomic E-state index is 12.6. The van der Waals surface area contributed by atoms with Gasteiger partial charge < -0.3 is 20.3 Å². The number of hydrogen-bond donors (Lipinski definition) is 2. The number of carbonyl (C=O) groups is 3. The molecule has 0 fully saturated rings. The first-order valence-corrected chi connectivity index (χ1v) is 22.1. The molecule has 0 unspecified atom stereocenters. The van der Waals surface area contributed by atoms with Crippen LogP contribution in [0.25, 0.3) is 0 Å². The molecular weight excluding hydrogens is 647 g/mol. The first-order chi connectivity index (χ1) is 25.4. The summed E-state index contributed by atoms with van der Waals surface area (Å²) >= 11 is 0. The molecule has 0 radical (unpaired) electrons. The Hall–Kier alpha value is -2.15. The number of amides is 2. The van der Waals surface area contributed by atoms with Crippen LogP contribution >= 0.6 is 0 Å². The van der Waals surface area contributed by atoms with Gasteiger partial charge in [0, 0.05) is 32.4 Å². The molecule has 0 aromatic rings. The van der Waals surface area contributed by atoms with Gasteiger partial charge >= 0.3 is 5.97 Å². The van der Waals surface area contributed by atoms with Crippen molar-refractivity contribution in [2.24, 2.45) is 0 Å². The highest BCUT2D eigenvalue weighted by Crippen LogP contribution is 2.18. The van der Waals surface area contributed by atoms with Crippen LogP contribution in [0.2, 0.25) is 0 Å². The second-order valence-corrected chi connectivity index (χ2v) is 15.3. The number of allylic oxidation sites excluding steroid dienone is 2. The SMILES string of the molecule is CCCCCCCC/C=C\CNC(=O)CCCCCCCC(CCCCCCCC(=O)NC/C=C\CCCCCCCC)OC(=O)CCCN(C)C. The average molecular weight is 732 g/mol. The van der Waals surface area contributed by atoms with E-state index in [1.807, 2.05) is 14.1 Å². The molecule has 0 aliphatic heterocycles. The zero-order valence-corrected chi connectivity index (χ0v) is 34.8. The molecule has 0 rings (SSSR count). The highest BCUT2D eigenvalue weighted by molar-refractivity contribution is 5.76. The molecular formula is C45H85N3O4. The summed E-state index contributed by atoms with van der Waals surface area (Å²) in [5, 5.41) is 6.04. The van der Waals surface area contributed by atoms with Crippen LogP contribution < -0.4 is 10.6 Å². The van der Waals surface area contributed by atoms with Crippen LogP contribution in [0.3, 0.4) is 0 Å². The van der Waals surface area contributed by atoms with Gasteiger partial charge in [0.2, 0.25) is 11.8 Å². The third kappa shape index (κ3) is 39.1. The molecule has 0 saturated heterocycles. The molecule has 0 aromatic carbocycles. The van der Waals surface area contributed by atoms with E-state index in [2.05, 4.69) is 53.7 Å². The van der Waals surface area contributed by atoms with Crippen molar-refractivity contribution >= 4 is 17.8 Å². The Labute approximate surface area is 322 Å². The number of nitrogens with one attached hydrogen (secondary N) is 2. The van der Waals surface area contributed by atoms with E-state index in [-0.39, 0.29) is 23.9 Å². The lowest BCUT2D eigenvalue weighted by atomic mass is 10.0. The lowest BCUT2D eigenvalue weighted by molar-refractivity contribution is -0.150. The van der Waals surface area contributed by atoms with E-state index >= 15 is 0 Å². The molecule has 7 nitrogen and oxygen atoms in total. The summed E-state index contributed by atoms with van der Waals surface area (Å²) in [7, 11) is 4.05. The van der Waals surface area contributed by atoms with Crippen molar-refractivity contribution < 1.29 is 19.1 Å². The second kappa shape index (κ2) is 40.0. The Morgan fingerprint density at radius 1 is 0.500 bits per heavy atom. The molecule has 0 heterocycles. The topological polar surface area (TPSA) is 87.7 Å². The van der Waals surface area contributed by atoms with E-state index in [4.69, 9.17) is 4.74 Å². The van der Waals surface area contributed by atoms with Gasteiger partial charge in [-0.05, 0) is 91.3 Å². The highest BCUT2D eigenvalue weighted by atomic mass is 16.5. The van der Waals surface area contributed by atoms with Crippen molar-refractivity contribution in [2.45, 2.75) is 213 Å². The van der Waals surface area contributed by atoms with Gasteiger partial charge in [-0.2, -0.15) is 0 Å². The lowest BCUT2D eigenvalue weighted by Crippen LogP contribution is -2.22. The minimum absolute atomic E-state index is 0.00774. The fourth-order valence-electron chi connectivity index (χ4n) is 6.43. The molecule has 7 heteroatoms. The molecule has 0 atom stereocenters. The van der Waals surface area contributed by atoms with Crippen molar-refractivity contribution in [3.63, 3.8) is 0 Å². The van der Waals surface area contributed by atoms with Crippen molar-refractivity contribution in [2.75, 3.05) is 33.7 Å². The summed E-state index contributed by atoms with van der Waals surface area (Å²) in [5.74, 6) is 0.226. The number of hydrogen-bond acceptors (Lipinski definition) is 5. The summed E-state index contributed by atoms with van der Waals surface area (Å²) < 4.78 is 5.95. The summed E-state index contributed by atoms with van der Waals surface area (Å²) in [4.78, 5) is 39.0. The largest absolute Gasteiger partial charge is 0.462 e. The molecule has 304 valence electrons. The zero-order chi connectivity index (χ0) is 38.2. The molecule has 0 saturated carbocycles. The Balaban J connectivity index is 4.08. The number of unbranched alkanes of at least 4 members (excludes halogenated alkanes) is 20. The fraction of sp³-hybridized carbons (Fsp3) is 0.844. The Bertz CT molecular complexity index is 817. The highest BCUT2D eigenvalue weighted by Gasteiger charge is 2.14. The summed E-state index contributed by atoms with van der Waals surface area (Å²) in [6.07, 6.45) is 41.4. The first kappa shape index (κ1) is 49.9. The summed E-state index contributed by atoms with van der Waals surface area (Å²) in [6.45, 7) is 6.66. The molecule has 0 aromatic heterocycles. The molecule has 2 amide bonds. The van der Waals surface area contributed by atoms with Crippen LogP contribution in [0.4, 0.5) is 0 Å². The van der Waals surface area contributed by atoms with Gasteiger partial charge in [-0.25, -0.2) is 0 Å². The minimum atomic E-state index is -0.0709. The van der Waals surface area contributed by atoms with E-state index < -0.39 is 0 Å². The van der Waals surface area contributed by atoms with Crippen molar-refractivity contribution in [1.82, 2.24) is 15.5 Å². The predicted octanol–water partition coefficient (Wildman–Crippen LogP) is 11.5. The molecule has 2 N–H and O–H groups in total. The van der Waals surface area contributed by atoms with Gasteiger partial charge in [0.15, 0.2) is 0 Å². The number of nitrogens with zero attached hydrogens (tertiary/aromatic N) is 1. The normalized spacial score (nSPS) is 11.7. The lowest BCUT2D eigenvalue weighted by Gasteiger charge is -2.18. The molecule has 0 aliphatic carbocycles. The van der Waals surface area contributed by atoms with Gasteiger partial charge in [0.05, 0.1) is 0 Å². The van der Waals surface area contributed by atoms with Gasteiger partial charge in [0.25, 0.3) is 0 Å². The number of ether oxygens (including phenoxy) is 1. The van der Waals surface area contributed by atoms with Crippen molar-refractivity contribution in [3.05, 3.63) is 24.3 Å². The van der Waals surface area contributed by atoms with Crippen LogP contribution in [0.5, 0.6) is 0 Å². The molecule has 52 heavy (non-hydrogen) atoms. The molecule has 0 bridgehead atoms. The first-order valence-electron chi connectivity index (χ1n) is 22.1.